The van der Waals surface area contributed by atoms with E-state index in [1.807, 2.05) is 0 Å². The molecule has 9 heavy (non-hydrogen) atoms. The molecule has 0 heterocycles. The minimum absolute atomic E-state index is 0.320. The SMILES string of the molecule is C=CC(=O)I(C)CCC. The second-order valence-electron chi connectivity index (χ2n) is 1.79. The molecular formula is C7H13IO. The summed E-state index contributed by atoms with van der Waals surface area (Å²) in [6.45, 7) is 5.57. The zero-order valence-corrected chi connectivity index (χ0v) is 8.14. The Morgan fingerprint density at radius 2 is 2.33 bits per heavy atom. The van der Waals surface area contributed by atoms with Gasteiger partial charge in [0.05, 0.1) is 0 Å². The summed E-state index contributed by atoms with van der Waals surface area (Å²) in [5.41, 5.74) is 0. The van der Waals surface area contributed by atoms with Gasteiger partial charge < -0.3 is 0 Å². The van der Waals surface area contributed by atoms with Crippen LogP contribution < -0.4 is 0 Å². The van der Waals surface area contributed by atoms with Crippen LogP contribution in [-0.2, 0) is 4.79 Å². The van der Waals surface area contributed by atoms with E-state index in [0.717, 1.165) is 10.8 Å². The molecule has 54 valence electrons. The molecule has 0 unspecified atom stereocenters. The van der Waals surface area contributed by atoms with E-state index in [-0.39, 0.29) is 0 Å². The van der Waals surface area contributed by atoms with Crippen LogP contribution in [0, 0.1) is 0 Å². The Bertz CT molecular complexity index is 109. The normalized spacial score (nSPS) is 10.7. The second kappa shape index (κ2) is 4.97. The van der Waals surface area contributed by atoms with Crippen LogP contribution in [0.2, 0.25) is 0 Å². The van der Waals surface area contributed by atoms with Gasteiger partial charge in [0, 0.05) is 0 Å². The van der Waals surface area contributed by atoms with Crippen LogP contribution in [-0.4, -0.2) is 13.1 Å². The zero-order chi connectivity index (χ0) is 7.28. The summed E-state index contributed by atoms with van der Waals surface area (Å²) in [5, 5.41) is 0. The van der Waals surface area contributed by atoms with Crippen molar-refractivity contribution in [2.45, 2.75) is 13.3 Å². The van der Waals surface area contributed by atoms with E-state index in [0.29, 0.717) is 3.79 Å². The standard InChI is InChI=1S/C7H13IO/c1-4-6-8(3)7(9)5-2/h5H,2,4,6H2,1,3H3. The van der Waals surface area contributed by atoms with Gasteiger partial charge in [0.1, 0.15) is 0 Å². The summed E-state index contributed by atoms with van der Waals surface area (Å²) >= 11 is -1.21. The molecule has 0 aliphatic rings. The number of rotatable bonds is 4. The number of alkyl halides is 2. The van der Waals surface area contributed by atoms with Gasteiger partial charge in [-0.3, -0.25) is 0 Å². The molecule has 0 spiro atoms. The summed E-state index contributed by atoms with van der Waals surface area (Å²) in [5.74, 6) is 0. The average molecular weight is 240 g/mol. The number of carbonyl (C=O) groups excluding carboxylic acids is 1. The van der Waals surface area contributed by atoms with Crippen molar-refractivity contribution >= 4 is 23.6 Å². The first-order valence-corrected chi connectivity index (χ1v) is 7.70. The van der Waals surface area contributed by atoms with E-state index >= 15 is 0 Å². The van der Waals surface area contributed by atoms with E-state index in [9.17, 15) is 4.79 Å². The van der Waals surface area contributed by atoms with Crippen LogP contribution in [0.1, 0.15) is 13.3 Å². The summed E-state index contributed by atoms with van der Waals surface area (Å²) in [6, 6.07) is 0. The van der Waals surface area contributed by atoms with E-state index in [2.05, 4.69) is 18.4 Å². The molecule has 0 aromatic rings. The number of carbonyl (C=O) groups is 1. The molecule has 0 rings (SSSR count). The molecule has 0 N–H and O–H groups in total. The maximum atomic E-state index is 10.9. The quantitative estimate of drug-likeness (QED) is 0.319. The molecule has 0 aromatic heterocycles. The van der Waals surface area contributed by atoms with Crippen molar-refractivity contribution in [1.82, 2.24) is 0 Å². The molecule has 0 amide bonds. The van der Waals surface area contributed by atoms with Crippen LogP contribution in [0.15, 0.2) is 12.7 Å². The van der Waals surface area contributed by atoms with Crippen LogP contribution >= 0.6 is 19.8 Å². The van der Waals surface area contributed by atoms with Gasteiger partial charge in [-0.1, -0.05) is 0 Å². The molecule has 2 heteroatoms. The Hall–Kier alpha value is 0.140. The number of hydrogen-bond acceptors (Lipinski definition) is 1. The van der Waals surface area contributed by atoms with Crippen LogP contribution in [0.4, 0.5) is 0 Å². The van der Waals surface area contributed by atoms with Gasteiger partial charge in [0.15, 0.2) is 0 Å². The van der Waals surface area contributed by atoms with Gasteiger partial charge in [-0.05, 0) is 0 Å². The summed E-state index contributed by atoms with van der Waals surface area (Å²) in [4.78, 5) is 12.9. The van der Waals surface area contributed by atoms with Crippen molar-refractivity contribution < 1.29 is 4.79 Å². The van der Waals surface area contributed by atoms with Crippen molar-refractivity contribution in [3.8, 4) is 0 Å². The van der Waals surface area contributed by atoms with Gasteiger partial charge in [0.2, 0.25) is 0 Å². The minimum atomic E-state index is -1.21. The molecule has 0 saturated heterocycles. The fourth-order valence-corrected chi connectivity index (χ4v) is 3.41. The monoisotopic (exact) mass is 240 g/mol. The number of allylic oxidation sites excluding steroid dienone is 1. The number of hydrogen-bond donors (Lipinski definition) is 0. The van der Waals surface area contributed by atoms with Crippen molar-refractivity contribution in [1.29, 1.82) is 0 Å². The molecular weight excluding hydrogens is 227 g/mol. The van der Waals surface area contributed by atoms with E-state index in [1.165, 1.54) is 6.08 Å². The first-order chi connectivity index (χ1) is 4.22. The molecule has 0 radical (unpaired) electrons. The first kappa shape index (κ1) is 9.14. The van der Waals surface area contributed by atoms with Crippen LogP contribution in [0.5, 0.6) is 0 Å². The van der Waals surface area contributed by atoms with Gasteiger partial charge in [-0.25, -0.2) is 0 Å². The maximum absolute atomic E-state index is 10.9. The van der Waals surface area contributed by atoms with Crippen molar-refractivity contribution in [2.24, 2.45) is 0 Å². The van der Waals surface area contributed by atoms with Crippen molar-refractivity contribution in [3.63, 3.8) is 0 Å². The summed E-state index contributed by atoms with van der Waals surface area (Å²) in [7, 11) is 0. The van der Waals surface area contributed by atoms with Crippen molar-refractivity contribution in [3.05, 3.63) is 12.7 Å². The summed E-state index contributed by atoms with van der Waals surface area (Å²) < 4.78 is 1.45. The molecule has 0 aromatic carbocycles. The van der Waals surface area contributed by atoms with Crippen molar-refractivity contribution in [2.75, 3.05) is 9.36 Å². The van der Waals surface area contributed by atoms with Gasteiger partial charge >= 0.3 is 63.8 Å². The van der Waals surface area contributed by atoms with Gasteiger partial charge in [0.25, 0.3) is 0 Å². The Balaban J connectivity index is 3.58. The average Bonchev–Trinajstić information content (AvgIpc) is 1.87. The Labute approximate surface area is 63.9 Å². The van der Waals surface area contributed by atoms with E-state index < -0.39 is 19.8 Å². The third-order valence-electron chi connectivity index (χ3n) is 0.951. The fourth-order valence-electron chi connectivity index (χ4n) is 0.508. The second-order valence-corrected chi connectivity index (χ2v) is 7.30. The van der Waals surface area contributed by atoms with Gasteiger partial charge in [-0.2, -0.15) is 0 Å². The molecule has 0 bridgehead atoms. The molecule has 0 saturated carbocycles. The fraction of sp³-hybridized carbons (Fsp3) is 0.571. The predicted octanol–water partition coefficient (Wildman–Crippen LogP) is 2.25. The van der Waals surface area contributed by atoms with Crippen LogP contribution in [0.3, 0.4) is 0 Å². The van der Waals surface area contributed by atoms with E-state index in [4.69, 9.17) is 0 Å². The molecule has 0 fully saturated rings. The predicted molar refractivity (Wildman–Crippen MR) is 50.3 cm³/mol. The topological polar surface area (TPSA) is 17.1 Å². The van der Waals surface area contributed by atoms with Gasteiger partial charge in [-0.15, -0.1) is 0 Å². The third-order valence-corrected chi connectivity index (χ3v) is 5.90. The molecule has 0 aliphatic carbocycles. The molecule has 0 aliphatic heterocycles. The van der Waals surface area contributed by atoms with E-state index in [1.54, 1.807) is 0 Å². The third kappa shape index (κ3) is 3.67. The number of halogens is 1. The summed E-state index contributed by atoms with van der Waals surface area (Å²) in [6.07, 6.45) is 2.61. The molecule has 1 nitrogen and oxygen atoms in total. The van der Waals surface area contributed by atoms with Crippen LogP contribution in [0.25, 0.3) is 0 Å². The Kier molecular flexibility index (Phi) is 5.04. The Morgan fingerprint density at radius 3 is 2.67 bits per heavy atom. The molecule has 0 atom stereocenters. The first-order valence-electron chi connectivity index (χ1n) is 2.94. The zero-order valence-electron chi connectivity index (χ0n) is 5.98. The Morgan fingerprint density at radius 1 is 1.78 bits per heavy atom.